The Bertz CT molecular complexity index is 569. The lowest BCUT2D eigenvalue weighted by Crippen LogP contribution is -2.02. The van der Waals surface area contributed by atoms with Crippen molar-refractivity contribution in [3.05, 3.63) is 34.4 Å². The summed E-state index contributed by atoms with van der Waals surface area (Å²) in [6, 6.07) is 5.28. The zero-order valence-electron chi connectivity index (χ0n) is 8.53. The van der Waals surface area contributed by atoms with E-state index in [1.165, 1.54) is 13.3 Å². The van der Waals surface area contributed by atoms with E-state index < -0.39 is 5.97 Å². The number of benzene rings is 1. The van der Waals surface area contributed by atoms with Crippen molar-refractivity contribution >= 4 is 38.5 Å². The number of nitrogen functional groups attached to an aromatic ring is 1. The number of halogens is 1. The SMILES string of the molecule is COC(=O)c1cnc2c(N)ccc(Br)c2c1. The number of pyridine rings is 1. The summed E-state index contributed by atoms with van der Waals surface area (Å²) in [5.74, 6) is -0.413. The number of methoxy groups -OCH3 is 1. The zero-order chi connectivity index (χ0) is 11.7. The summed E-state index contributed by atoms with van der Waals surface area (Å²) in [5, 5.41) is 0.794. The Morgan fingerprint density at radius 3 is 2.94 bits per heavy atom. The average molecular weight is 281 g/mol. The van der Waals surface area contributed by atoms with Crippen molar-refractivity contribution in [2.75, 3.05) is 12.8 Å². The highest BCUT2D eigenvalue weighted by Crippen LogP contribution is 2.27. The first-order valence-corrected chi connectivity index (χ1v) is 5.35. The highest BCUT2D eigenvalue weighted by molar-refractivity contribution is 9.10. The first-order chi connectivity index (χ1) is 7.63. The second kappa shape index (κ2) is 4.09. The summed E-state index contributed by atoms with van der Waals surface area (Å²) in [4.78, 5) is 15.5. The molecule has 0 spiro atoms. The van der Waals surface area contributed by atoms with Crippen LogP contribution >= 0.6 is 15.9 Å². The molecule has 0 fully saturated rings. The van der Waals surface area contributed by atoms with Gasteiger partial charge in [-0.15, -0.1) is 0 Å². The van der Waals surface area contributed by atoms with E-state index in [4.69, 9.17) is 5.73 Å². The lowest BCUT2D eigenvalue weighted by molar-refractivity contribution is 0.0600. The van der Waals surface area contributed by atoms with Crippen LogP contribution < -0.4 is 5.73 Å². The Morgan fingerprint density at radius 1 is 1.50 bits per heavy atom. The fourth-order valence-electron chi connectivity index (χ4n) is 1.44. The van der Waals surface area contributed by atoms with Crippen LogP contribution in [0.1, 0.15) is 10.4 Å². The Balaban J connectivity index is 2.70. The molecule has 4 nitrogen and oxygen atoms in total. The molecular formula is C11H9BrN2O2. The zero-order valence-corrected chi connectivity index (χ0v) is 10.1. The summed E-state index contributed by atoms with van der Waals surface area (Å²) in [6.45, 7) is 0. The summed E-state index contributed by atoms with van der Waals surface area (Å²) in [6.07, 6.45) is 1.46. The Hall–Kier alpha value is -1.62. The molecule has 0 aliphatic heterocycles. The van der Waals surface area contributed by atoms with Crippen molar-refractivity contribution in [2.45, 2.75) is 0 Å². The van der Waals surface area contributed by atoms with Crippen molar-refractivity contribution in [3.8, 4) is 0 Å². The van der Waals surface area contributed by atoms with Gasteiger partial charge in [0.25, 0.3) is 0 Å². The van der Waals surface area contributed by atoms with Crippen molar-refractivity contribution in [1.82, 2.24) is 4.98 Å². The van der Waals surface area contributed by atoms with Crippen LogP contribution in [0, 0.1) is 0 Å². The molecule has 0 atom stereocenters. The van der Waals surface area contributed by atoms with E-state index in [2.05, 4.69) is 25.7 Å². The quantitative estimate of drug-likeness (QED) is 0.643. The normalized spacial score (nSPS) is 10.4. The molecule has 2 rings (SSSR count). The van der Waals surface area contributed by atoms with E-state index in [9.17, 15) is 4.79 Å². The van der Waals surface area contributed by atoms with Gasteiger partial charge in [0.05, 0.1) is 23.9 Å². The van der Waals surface area contributed by atoms with Crippen LogP contribution in [0.15, 0.2) is 28.9 Å². The molecule has 0 bridgehead atoms. The molecule has 2 aromatic rings. The van der Waals surface area contributed by atoms with Crippen molar-refractivity contribution in [2.24, 2.45) is 0 Å². The number of carbonyl (C=O) groups is 1. The van der Waals surface area contributed by atoms with Crippen LogP contribution in [-0.2, 0) is 4.74 Å². The third kappa shape index (κ3) is 1.74. The molecule has 1 aromatic carbocycles. The van der Waals surface area contributed by atoms with Crippen molar-refractivity contribution in [1.29, 1.82) is 0 Å². The van der Waals surface area contributed by atoms with Crippen LogP contribution in [-0.4, -0.2) is 18.1 Å². The number of rotatable bonds is 1. The standard InChI is InChI=1S/C11H9BrN2O2/c1-16-11(15)6-4-7-8(12)2-3-9(13)10(7)14-5-6/h2-5H,13H2,1H3. The summed E-state index contributed by atoms with van der Waals surface area (Å²) in [5.41, 5.74) is 7.44. The summed E-state index contributed by atoms with van der Waals surface area (Å²) >= 11 is 3.39. The van der Waals surface area contributed by atoms with E-state index >= 15 is 0 Å². The Kier molecular flexibility index (Phi) is 2.78. The molecule has 5 heteroatoms. The first kappa shape index (κ1) is 10.9. The molecule has 0 radical (unpaired) electrons. The number of hydrogen-bond donors (Lipinski definition) is 1. The van der Waals surface area contributed by atoms with Crippen LogP contribution in [0.25, 0.3) is 10.9 Å². The van der Waals surface area contributed by atoms with Gasteiger partial charge in [-0.1, -0.05) is 15.9 Å². The number of hydrogen-bond acceptors (Lipinski definition) is 4. The van der Waals surface area contributed by atoms with Gasteiger partial charge < -0.3 is 10.5 Å². The number of aromatic nitrogens is 1. The van der Waals surface area contributed by atoms with Crippen LogP contribution in [0.2, 0.25) is 0 Å². The number of ether oxygens (including phenoxy) is 1. The molecule has 16 heavy (non-hydrogen) atoms. The van der Waals surface area contributed by atoms with E-state index in [0.29, 0.717) is 16.8 Å². The highest BCUT2D eigenvalue weighted by atomic mass is 79.9. The van der Waals surface area contributed by atoms with Gasteiger partial charge in [-0.25, -0.2) is 4.79 Å². The number of anilines is 1. The molecule has 0 unspecified atom stereocenters. The molecule has 2 N–H and O–H groups in total. The fraction of sp³-hybridized carbons (Fsp3) is 0.0909. The number of nitrogens with zero attached hydrogens (tertiary/aromatic N) is 1. The molecule has 0 aliphatic rings. The van der Waals surface area contributed by atoms with E-state index in [0.717, 1.165) is 9.86 Å². The lowest BCUT2D eigenvalue weighted by Gasteiger charge is -2.05. The monoisotopic (exact) mass is 280 g/mol. The first-order valence-electron chi connectivity index (χ1n) is 4.55. The second-order valence-corrected chi connectivity index (χ2v) is 4.10. The summed E-state index contributed by atoms with van der Waals surface area (Å²) < 4.78 is 5.47. The van der Waals surface area contributed by atoms with Gasteiger partial charge >= 0.3 is 5.97 Å². The average Bonchev–Trinajstić information content (AvgIpc) is 2.32. The maximum Gasteiger partial charge on any atom is 0.339 e. The van der Waals surface area contributed by atoms with E-state index in [1.54, 1.807) is 12.1 Å². The molecule has 82 valence electrons. The van der Waals surface area contributed by atoms with Gasteiger partial charge in [0.2, 0.25) is 0 Å². The van der Waals surface area contributed by atoms with Gasteiger partial charge in [0.15, 0.2) is 0 Å². The molecule has 1 aromatic heterocycles. The summed E-state index contributed by atoms with van der Waals surface area (Å²) in [7, 11) is 1.33. The topological polar surface area (TPSA) is 65.2 Å². The second-order valence-electron chi connectivity index (χ2n) is 3.25. The molecule has 1 heterocycles. The highest BCUT2D eigenvalue weighted by Gasteiger charge is 2.10. The Morgan fingerprint density at radius 2 is 2.25 bits per heavy atom. The fourth-order valence-corrected chi connectivity index (χ4v) is 1.87. The number of carbonyl (C=O) groups excluding carboxylic acids is 1. The smallest absolute Gasteiger partial charge is 0.339 e. The largest absolute Gasteiger partial charge is 0.465 e. The minimum absolute atomic E-state index is 0.404. The van der Waals surface area contributed by atoms with Gasteiger partial charge in [0, 0.05) is 16.1 Å². The van der Waals surface area contributed by atoms with Gasteiger partial charge in [-0.3, -0.25) is 4.98 Å². The third-order valence-corrected chi connectivity index (χ3v) is 2.94. The van der Waals surface area contributed by atoms with Gasteiger partial charge in [-0.2, -0.15) is 0 Å². The van der Waals surface area contributed by atoms with Crippen molar-refractivity contribution in [3.63, 3.8) is 0 Å². The van der Waals surface area contributed by atoms with Crippen LogP contribution in [0.4, 0.5) is 5.69 Å². The predicted molar refractivity (Wildman–Crippen MR) is 65.2 cm³/mol. The lowest BCUT2D eigenvalue weighted by atomic mass is 10.1. The van der Waals surface area contributed by atoms with Crippen LogP contribution in [0.3, 0.4) is 0 Å². The molecule has 0 amide bonds. The van der Waals surface area contributed by atoms with Crippen LogP contribution in [0.5, 0.6) is 0 Å². The van der Waals surface area contributed by atoms with Gasteiger partial charge in [0.1, 0.15) is 0 Å². The maximum atomic E-state index is 11.3. The predicted octanol–water partition coefficient (Wildman–Crippen LogP) is 2.37. The number of fused-ring (bicyclic) bond motifs is 1. The maximum absolute atomic E-state index is 11.3. The molecule has 0 saturated carbocycles. The van der Waals surface area contributed by atoms with Gasteiger partial charge in [-0.05, 0) is 18.2 Å². The Labute approximate surface area is 101 Å². The third-order valence-electron chi connectivity index (χ3n) is 2.25. The number of esters is 1. The minimum Gasteiger partial charge on any atom is -0.465 e. The molecule has 0 saturated heterocycles. The van der Waals surface area contributed by atoms with Crippen molar-refractivity contribution < 1.29 is 9.53 Å². The molecular weight excluding hydrogens is 272 g/mol. The van der Waals surface area contributed by atoms with E-state index in [-0.39, 0.29) is 0 Å². The minimum atomic E-state index is -0.413. The molecule has 0 aliphatic carbocycles. The van der Waals surface area contributed by atoms with E-state index in [1.807, 2.05) is 6.07 Å². The number of nitrogens with two attached hydrogens (primary N) is 1.